The van der Waals surface area contributed by atoms with Gasteiger partial charge in [-0.3, -0.25) is 4.79 Å². The van der Waals surface area contributed by atoms with Gasteiger partial charge in [0.25, 0.3) is 0 Å². The normalized spacial score (nSPS) is 21.8. The molecule has 20 heavy (non-hydrogen) atoms. The van der Waals surface area contributed by atoms with E-state index in [9.17, 15) is 13.2 Å². The van der Waals surface area contributed by atoms with Crippen LogP contribution >= 0.6 is 11.8 Å². The van der Waals surface area contributed by atoms with Crippen LogP contribution in [0.4, 0.5) is 0 Å². The van der Waals surface area contributed by atoms with Crippen molar-refractivity contribution >= 4 is 27.8 Å². The Morgan fingerprint density at radius 1 is 1.45 bits per heavy atom. The lowest BCUT2D eigenvalue weighted by Crippen LogP contribution is -2.43. The Labute approximate surface area is 123 Å². The summed E-state index contributed by atoms with van der Waals surface area (Å²) in [5.41, 5.74) is 0.940. The molecule has 0 aromatic heterocycles. The van der Waals surface area contributed by atoms with Crippen molar-refractivity contribution in [2.75, 3.05) is 17.4 Å². The molecule has 5 nitrogen and oxygen atoms in total. The Balaban J connectivity index is 2.13. The van der Waals surface area contributed by atoms with Gasteiger partial charge in [-0.25, -0.2) is 8.42 Å². The number of rotatable bonds is 5. The maximum absolute atomic E-state index is 12.4. The van der Waals surface area contributed by atoms with Crippen LogP contribution in [0, 0.1) is 0 Å². The summed E-state index contributed by atoms with van der Waals surface area (Å²) < 4.78 is 25.9. The van der Waals surface area contributed by atoms with Gasteiger partial charge in [-0.15, -0.1) is 11.8 Å². The maximum Gasteiger partial charge on any atom is 0.322 e. The topological polar surface area (TPSA) is 74.7 Å². The fourth-order valence-electron chi connectivity index (χ4n) is 2.19. The van der Waals surface area contributed by atoms with Crippen LogP contribution in [0.2, 0.25) is 0 Å². The number of nitrogens with zero attached hydrogens (tertiary/aromatic N) is 1. The first kappa shape index (κ1) is 15.3. The summed E-state index contributed by atoms with van der Waals surface area (Å²) in [6.07, 6.45) is 0. The smallest absolute Gasteiger partial charge is 0.322 e. The van der Waals surface area contributed by atoms with Gasteiger partial charge in [-0.05, 0) is 11.5 Å². The molecule has 1 N–H and O–H groups in total. The zero-order chi connectivity index (χ0) is 14.8. The van der Waals surface area contributed by atoms with Gasteiger partial charge >= 0.3 is 5.97 Å². The zero-order valence-electron chi connectivity index (χ0n) is 11.1. The zero-order valence-corrected chi connectivity index (χ0v) is 12.7. The second-order valence-corrected chi connectivity index (χ2v) is 7.80. The molecular formula is C13H17NO4S2. The number of carbonyl (C=O) groups is 1. The molecule has 0 spiro atoms. The molecule has 2 unspecified atom stereocenters. The fourth-order valence-corrected chi connectivity index (χ4v) is 5.73. The standard InChI is InChI=1S/C13H17NO4S2/c1-10(11-5-3-2-4-6-11)8-20(17,18)14-9-19-7-12(14)13(15)16/h2-6,10,12H,7-9H2,1H3,(H,15,16). The van der Waals surface area contributed by atoms with E-state index in [-0.39, 0.29) is 17.5 Å². The van der Waals surface area contributed by atoms with Crippen LogP contribution in [0.15, 0.2) is 30.3 Å². The lowest BCUT2D eigenvalue weighted by atomic mass is 10.0. The predicted molar refractivity (Wildman–Crippen MR) is 79.2 cm³/mol. The van der Waals surface area contributed by atoms with Crippen molar-refractivity contribution in [2.24, 2.45) is 0 Å². The van der Waals surface area contributed by atoms with Gasteiger partial charge in [0, 0.05) is 5.75 Å². The van der Waals surface area contributed by atoms with E-state index in [4.69, 9.17) is 5.11 Å². The van der Waals surface area contributed by atoms with Gasteiger partial charge in [0.1, 0.15) is 6.04 Å². The molecule has 2 rings (SSSR count). The minimum absolute atomic E-state index is 0.0681. The summed E-state index contributed by atoms with van der Waals surface area (Å²) in [6.45, 7) is 1.84. The Bertz CT molecular complexity index is 573. The highest BCUT2D eigenvalue weighted by Crippen LogP contribution is 2.27. The second-order valence-electron chi connectivity index (χ2n) is 4.83. The molecule has 1 heterocycles. The average molecular weight is 315 g/mol. The quantitative estimate of drug-likeness (QED) is 0.893. The van der Waals surface area contributed by atoms with E-state index in [2.05, 4.69) is 0 Å². The molecule has 1 saturated heterocycles. The van der Waals surface area contributed by atoms with Crippen molar-refractivity contribution in [1.82, 2.24) is 4.31 Å². The van der Waals surface area contributed by atoms with Gasteiger partial charge in [0.15, 0.2) is 0 Å². The van der Waals surface area contributed by atoms with E-state index >= 15 is 0 Å². The first-order chi connectivity index (χ1) is 9.42. The summed E-state index contributed by atoms with van der Waals surface area (Å²) in [5.74, 6) is -0.775. The number of carboxylic acids is 1. The molecule has 0 aliphatic carbocycles. The Morgan fingerprint density at radius 2 is 2.10 bits per heavy atom. The van der Waals surface area contributed by atoms with E-state index < -0.39 is 22.0 Å². The number of sulfonamides is 1. The predicted octanol–water partition coefficient (Wildman–Crippen LogP) is 1.58. The molecule has 0 radical (unpaired) electrons. The summed E-state index contributed by atoms with van der Waals surface area (Å²) in [7, 11) is -3.57. The van der Waals surface area contributed by atoms with E-state index in [1.54, 1.807) is 0 Å². The molecule has 1 fully saturated rings. The van der Waals surface area contributed by atoms with Crippen LogP contribution in [-0.4, -0.2) is 47.2 Å². The highest BCUT2D eigenvalue weighted by atomic mass is 32.2. The Morgan fingerprint density at radius 3 is 2.70 bits per heavy atom. The van der Waals surface area contributed by atoms with Crippen LogP contribution in [0.25, 0.3) is 0 Å². The van der Waals surface area contributed by atoms with Gasteiger partial charge in [-0.2, -0.15) is 4.31 Å². The van der Waals surface area contributed by atoms with E-state index in [1.165, 1.54) is 11.8 Å². The van der Waals surface area contributed by atoms with Crippen molar-refractivity contribution in [3.8, 4) is 0 Å². The second kappa shape index (κ2) is 6.15. The van der Waals surface area contributed by atoms with E-state index in [0.717, 1.165) is 9.87 Å². The van der Waals surface area contributed by atoms with Crippen molar-refractivity contribution in [3.05, 3.63) is 35.9 Å². The van der Waals surface area contributed by atoms with Crippen LogP contribution in [0.1, 0.15) is 18.4 Å². The van der Waals surface area contributed by atoms with Crippen LogP contribution in [-0.2, 0) is 14.8 Å². The number of thioether (sulfide) groups is 1. The lowest BCUT2D eigenvalue weighted by Gasteiger charge is -2.22. The molecule has 0 saturated carbocycles. The fraction of sp³-hybridized carbons (Fsp3) is 0.462. The summed E-state index contributed by atoms with van der Waals surface area (Å²) in [5, 5.41) is 9.08. The molecule has 1 aliphatic heterocycles. The minimum Gasteiger partial charge on any atom is -0.480 e. The van der Waals surface area contributed by atoms with Crippen LogP contribution in [0.3, 0.4) is 0 Å². The first-order valence-electron chi connectivity index (χ1n) is 6.27. The highest BCUT2D eigenvalue weighted by Gasteiger charge is 2.39. The highest BCUT2D eigenvalue weighted by molar-refractivity contribution is 8.00. The first-order valence-corrected chi connectivity index (χ1v) is 9.03. The number of carboxylic acid groups (broad SMARTS) is 1. The number of hydrogen-bond donors (Lipinski definition) is 1. The average Bonchev–Trinajstić information content (AvgIpc) is 2.89. The molecule has 2 atom stereocenters. The lowest BCUT2D eigenvalue weighted by molar-refractivity contribution is -0.140. The third-order valence-electron chi connectivity index (χ3n) is 3.31. The van der Waals surface area contributed by atoms with Crippen molar-refractivity contribution in [1.29, 1.82) is 0 Å². The van der Waals surface area contributed by atoms with E-state index in [1.807, 2.05) is 37.3 Å². The summed E-state index contributed by atoms with van der Waals surface area (Å²) >= 11 is 1.33. The van der Waals surface area contributed by atoms with Gasteiger partial charge in [0.05, 0.1) is 11.6 Å². The van der Waals surface area contributed by atoms with Gasteiger partial charge in [-0.1, -0.05) is 37.3 Å². The third kappa shape index (κ3) is 3.34. The van der Waals surface area contributed by atoms with Gasteiger partial charge < -0.3 is 5.11 Å². The number of aliphatic carboxylic acids is 1. The third-order valence-corrected chi connectivity index (χ3v) is 6.51. The van der Waals surface area contributed by atoms with Crippen LogP contribution in [0.5, 0.6) is 0 Å². The largest absolute Gasteiger partial charge is 0.480 e. The van der Waals surface area contributed by atoms with Crippen molar-refractivity contribution in [3.63, 3.8) is 0 Å². The monoisotopic (exact) mass is 315 g/mol. The Hall–Kier alpha value is -1.05. The molecular weight excluding hydrogens is 298 g/mol. The number of hydrogen-bond acceptors (Lipinski definition) is 4. The molecule has 7 heteroatoms. The van der Waals surface area contributed by atoms with E-state index in [0.29, 0.717) is 5.75 Å². The molecule has 0 bridgehead atoms. The minimum atomic E-state index is -3.57. The Kier molecular flexibility index (Phi) is 4.72. The molecule has 1 aromatic rings. The number of benzene rings is 1. The SMILES string of the molecule is CC(CS(=O)(=O)N1CSCC1C(=O)O)c1ccccc1. The summed E-state index contributed by atoms with van der Waals surface area (Å²) in [4.78, 5) is 11.1. The van der Waals surface area contributed by atoms with Crippen molar-refractivity contribution < 1.29 is 18.3 Å². The van der Waals surface area contributed by atoms with Crippen LogP contribution < -0.4 is 0 Å². The molecule has 1 aliphatic rings. The van der Waals surface area contributed by atoms with Gasteiger partial charge in [0.2, 0.25) is 10.0 Å². The molecule has 1 aromatic carbocycles. The summed E-state index contributed by atoms with van der Waals surface area (Å²) in [6, 6.07) is 8.44. The maximum atomic E-state index is 12.4. The molecule has 110 valence electrons. The van der Waals surface area contributed by atoms with Crippen molar-refractivity contribution in [2.45, 2.75) is 18.9 Å². The molecule has 0 amide bonds.